The Balaban J connectivity index is 2.40. The van der Waals surface area contributed by atoms with Crippen LogP contribution in [-0.4, -0.2) is 32.4 Å². The molecule has 0 aliphatic heterocycles. The first-order valence-electron chi connectivity index (χ1n) is 6.86. The average Bonchev–Trinajstić information content (AvgIpc) is 2.60. The van der Waals surface area contributed by atoms with Crippen LogP contribution in [0, 0.1) is 20.2 Å². The van der Waals surface area contributed by atoms with E-state index in [0.717, 1.165) is 20.7 Å². The first kappa shape index (κ1) is 18.1. The molecule has 0 amide bonds. The largest absolute Gasteiger partial charge is 0.325 e. The van der Waals surface area contributed by atoms with Crippen LogP contribution >= 0.6 is 0 Å². The molecule has 2 aromatic rings. The molecule has 0 saturated carbocycles. The molecule has 132 valence electrons. The minimum Gasteiger partial charge on any atom is -0.258 e. The Bertz CT molecular complexity index is 861. The van der Waals surface area contributed by atoms with Crippen molar-refractivity contribution in [2.75, 3.05) is 22.7 Å². The Morgan fingerprint density at radius 3 is 1.48 bits per heavy atom. The van der Waals surface area contributed by atoms with Gasteiger partial charge in [-0.3, -0.25) is 28.8 Å². The predicted molar refractivity (Wildman–Crippen MR) is 91.9 cm³/mol. The number of hydrogen-bond donors (Lipinski definition) is 0. The molecule has 11 heteroatoms. The van der Waals surface area contributed by atoms with Crippen LogP contribution in [-0.2, 0) is 10.2 Å². The molecule has 0 unspecified atom stereocenters. The van der Waals surface area contributed by atoms with E-state index in [9.17, 15) is 28.6 Å². The number of rotatable bonds is 6. The van der Waals surface area contributed by atoms with Crippen LogP contribution in [0.5, 0.6) is 0 Å². The zero-order valence-electron chi connectivity index (χ0n) is 13.3. The molecule has 2 rings (SSSR count). The van der Waals surface area contributed by atoms with Crippen molar-refractivity contribution >= 4 is 33.0 Å². The van der Waals surface area contributed by atoms with Crippen molar-refractivity contribution in [2.45, 2.75) is 0 Å². The summed E-state index contributed by atoms with van der Waals surface area (Å²) < 4.78 is 27.1. The standard InChI is InChI=1S/C14H14N4O6S/c1-15(11-5-3-7-13(9-11)17(19)20)25(23,24)16(2)12-6-4-8-14(10-12)18(21)22/h3-10H,1-2H3. The number of non-ortho nitro benzene ring substituents is 2. The van der Waals surface area contributed by atoms with E-state index >= 15 is 0 Å². The summed E-state index contributed by atoms with van der Waals surface area (Å²) in [7, 11) is -1.63. The maximum absolute atomic E-state index is 12.7. The van der Waals surface area contributed by atoms with E-state index in [1.54, 1.807) is 0 Å². The van der Waals surface area contributed by atoms with Crippen molar-refractivity contribution in [1.29, 1.82) is 0 Å². The number of hydrogen-bond acceptors (Lipinski definition) is 6. The zero-order chi connectivity index (χ0) is 18.8. The Kier molecular flexibility index (Phi) is 4.88. The van der Waals surface area contributed by atoms with Crippen molar-refractivity contribution in [2.24, 2.45) is 0 Å². The van der Waals surface area contributed by atoms with E-state index in [2.05, 4.69) is 0 Å². The van der Waals surface area contributed by atoms with Gasteiger partial charge in [0.05, 0.1) is 21.2 Å². The van der Waals surface area contributed by atoms with Gasteiger partial charge in [-0.05, 0) is 12.1 Å². The summed E-state index contributed by atoms with van der Waals surface area (Å²) in [5.74, 6) is 0. The van der Waals surface area contributed by atoms with Gasteiger partial charge < -0.3 is 0 Å². The molecule has 2 aromatic carbocycles. The molecule has 0 aromatic heterocycles. The van der Waals surface area contributed by atoms with Crippen LogP contribution in [0.3, 0.4) is 0 Å². The number of nitrogens with zero attached hydrogens (tertiary/aromatic N) is 4. The number of nitro benzene ring substituents is 2. The molecular formula is C14H14N4O6S. The first-order chi connectivity index (χ1) is 11.6. The Hall–Kier alpha value is -3.21. The van der Waals surface area contributed by atoms with E-state index in [4.69, 9.17) is 0 Å². The topological polar surface area (TPSA) is 127 Å². The third-order valence-corrected chi connectivity index (χ3v) is 5.31. The molecule has 0 aliphatic rings. The van der Waals surface area contributed by atoms with Crippen LogP contribution in [0.1, 0.15) is 0 Å². The fourth-order valence-corrected chi connectivity index (χ4v) is 3.18. The molecule has 0 N–H and O–H groups in total. The van der Waals surface area contributed by atoms with Gasteiger partial charge in [-0.25, -0.2) is 0 Å². The third kappa shape index (κ3) is 3.66. The summed E-state index contributed by atoms with van der Waals surface area (Å²) in [6.07, 6.45) is 0. The number of anilines is 2. The SMILES string of the molecule is CN(c1cccc([N+](=O)[O-])c1)S(=O)(=O)N(C)c1cccc([N+](=O)[O-])c1. The highest BCUT2D eigenvalue weighted by Gasteiger charge is 2.26. The smallest absolute Gasteiger partial charge is 0.258 e. The molecular weight excluding hydrogens is 352 g/mol. The molecule has 25 heavy (non-hydrogen) atoms. The quantitative estimate of drug-likeness (QED) is 0.570. The maximum Gasteiger partial charge on any atom is 0.325 e. The van der Waals surface area contributed by atoms with Crippen LogP contribution in [0.15, 0.2) is 48.5 Å². The highest BCUT2D eigenvalue weighted by atomic mass is 32.2. The van der Waals surface area contributed by atoms with Crippen molar-refractivity contribution in [1.82, 2.24) is 0 Å². The summed E-state index contributed by atoms with van der Waals surface area (Å²) in [4.78, 5) is 20.4. The van der Waals surface area contributed by atoms with Gasteiger partial charge in [-0.1, -0.05) is 12.1 Å². The van der Waals surface area contributed by atoms with Crippen LogP contribution in [0.4, 0.5) is 22.7 Å². The Labute approximate surface area is 143 Å². The lowest BCUT2D eigenvalue weighted by Gasteiger charge is -2.27. The van der Waals surface area contributed by atoms with Crippen molar-refractivity contribution in [3.8, 4) is 0 Å². The van der Waals surface area contributed by atoms with E-state index in [1.807, 2.05) is 0 Å². The molecule has 0 spiro atoms. The average molecular weight is 366 g/mol. The van der Waals surface area contributed by atoms with Gasteiger partial charge in [-0.15, -0.1) is 0 Å². The summed E-state index contributed by atoms with van der Waals surface area (Å²) in [6, 6.07) is 10.3. The van der Waals surface area contributed by atoms with Gasteiger partial charge in [0.15, 0.2) is 0 Å². The molecule has 0 atom stereocenters. The summed E-state index contributed by atoms with van der Waals surface area (Å²) in [5, 5.41) is 21.7. The van der Waals surface area contributed by atoms with E-state index in [-0.39, 0.29) is 22.7 Å². The van der Waals surface area contributed by atoms with E-state index < -0.39 is 20.1 Å². The molecule has 0 bridgehead atoms. The zero-order valence-corrected chi connectivity index (χ0v) is 14.1. The van der Waals surface area contributed by atoms with Crippen molar-refractivity contribution in [3.63, 3.8) is 0 Å². The van der Waals surface area contributed by atoms with Gasteiger partial charge in [0, 0.05) is 38.4 Å². The second kappa shape index (κ2) is 6.73. The highest BCUT2D eigenvalue weighted by molar-refractivity contribution is 7.94. The van der Waals surface area contributed by atoms with Gasteiger partial charge >= 0.3 is 10.2 Å². The monoisotopic (exact) mass is 366 g/mol. The molecule has 10 nitrogen and oxygen atoms in total. The summed E-state index contributed by atoms with van der Waals surface area (Å²) >= 11 is 0. The second-order valence-corrected chi connectivity index (χ2v) is 6.99. The Morgan fingerprint density at radius 2 is 1.16 bits per heavy atom. The summed E-state index contributed by atoms with van der Waals surface area (Å²) in [5.41, 5.74) is -0.326. The van der Waals surface area contributed by atoms with Crippen molar-refractivity contribution in [3.05, 3.63) is 68.8 Å². The van der Waals surface area contributed by atoms with Crippen LogP contribution < -0.4 is 8.61 Å². The molecule has 0 fully saturated rings. The van der Waals surface area contributed by atoms with Gasteiger partial charge in [0.2, 0.25) is 0 Å². The lowest BCUT2D eigenvalue weighted by Crippen LogP contribution is -2.39. The number of nitro groups is 2. The minimum absolute atomic E-state index is 0.0893. The fraction of sp³-hybridized carbons (Fsp3) is 0.143. The normalized spacial score (nSPS) is 11.0. The van der Waals surface area contributed by atoms with Crippen LogP contribution in [0.25, 0.3) is 0 Å². The maximum atomic E-state index is 12.7. The fourth-order valence-electron chi connectivity index (χ4n) is 2.06. The summed E-state index contributed by atoms with van der Waals surface area (Å²) in [6.45, 7) is 0. The van der Waals surface area contributed by atoms with E-state index in [1.165, 1.54) is 50.5 Å². The van der Waals surface area contributed by atoms with Gasteiger partial charge in [0.25, 0.3) is 11.4 Å². The van der Waals surface area contributed by atoms with Gasteiger partial charge in [0.1, 0.15) is 0 Å². The molecule has 0 heterocycles. The van der Waals surface area contributed by atoms with E-state index in [0.29, 0.717) is 0 Å². The molecule has 0 radical (unpaired) electrons. The number of benzene rings is 2. The second-order valence-electron chi connectivity index (χ2n) is 5.00. The highest BCUT2D eigenvalue weighted by Crippen LogP contribution is 2.27. The first-order valence-corrected chi connectivity index (χ1v) is 8.26. The van der Waals surface area contributed by atoms with Crippen LogP contribution in [0.2, 0.25) is 0 Å². The van der Waals surface area contributed by atoms with Gasteiger partial charge in [-0.2, -0.15) is 8.42 Å². The third-order valence-electron chi connectivity index (χ3n) is 3.50. The lowest BCUT2D eigenvalue weighted by molar-refractivity contribution is -0.385. The Morgan fingerprint density at radius 1 is 0.800 bits per heavy atom. The van der Waals surface area contributed by atoms with Crippen molar-refractivity contribution < 1.29 is 18.3 Å². The lowest BCUT2D eigenvalue weighted by atomic mass is 10.3. The molecule has 0 saturated heterocycles. The predicted octanol–water partition coefficient (Wildman–Crippen LogP) is 2.32. The minimum atomic E-state index is -4.11. The molecule has 0 aliphatic carbocycles.